The van der Waals surface area contributed by atoms with Crippen LogP contribution in [0.1, 0.15) is 12.5 Å². The van der Waals surface area contributed by atoms with E-state index in [1.165, 1.54) is 6.92 Å². The van der Waals surface area contributed by atoms with Crippen molar-refractivity contribution in [2.75, 3.05) is 5.32 Å². The fourth-order valence-corrected chi connectivity index (χ4v) is 1.78. The lowest BCUT2D eigenvalue weighted by molar-refractivity contribution is -0.144. The van der Waals surface area contributed by atoms with Crippen molar-refractivity contribution >= 4 is 33.5 Å². The average Bonchev–Trinajstić information content (AvgIpc) is 2.14. The smallest absolute Gasteiger partial charge is 0.315 e. The molecule has 1 rings (SSSR count). The first-order valence-electron chi connectivity index (χ1n) is 4.71. The molecule has 4 nitrogen and oxygen atoms in total. The Labute approximate surface area is 102 Å². The summed E-state index contributed by atoms with van der Waals surface area (Å²) in [7, 11) is 0. The second-order valence-electron chi connectivity index (χ2n) is 3.57. The highest BCUT2D eigenvalue weighted by atomic mass is 79.9. The van der Waals surface area contributed by atoms with E-state index in [2.05, 4.69) is 21.2 Å². The van der Waals surface area contributed by atoms with E-state index in [1.807, 2.05) is 13.0 Å². The lowest BCUT2D eigenvalue weighted by Crippen LogP contribution is -2.26. The fraction of sp³-hybridized carbons (Fsp3) is 0.273. The van der Waals surface area contributed by atoms with E-state index in [9.17, 15) is 9.59 Å². The van der Waals surface area contributed by atoms with Gasteiger partial charge in [0.1, 0.15) is 5.92 Å². The van der Waals surface area contributed by atoms with Crippen molar-refractivity contribution in [2.24, 2.45) is 5.92 Å². The number of carbonyl (C=O) groups is 2. The quantitative estimate of drug-likeness (QED) is 0.838. The summed E-state index contributed by atoms with van der Waals surface area (Å²) in [6, 6.07) is 5.40. The number of halogens is 1. The van der Waals surface area contributed by atoms with Crippen LogP contribution in [0.25, 0.3) is 0 Å². The Morgan fingerprint density at radius 1 is 1.38 bits per heavy atom. The van der Waals surface area contributed by atoms with Crippen molar-refractivity contribution in [3.05, 3.63) is 28.2 Å². The lowest BCUT2D eigenvalue weighted by Gasteiger charge is -2.09. The van der Waals surface area contributed by atoms with Crippen molar-refractivity contribution < 1.29 is 14.7 Å². The van der Waals surface area contributed by atoms with Crippen molar-refractivity contribution in [3.8, 4) is 0 Å². The van der Waals surface area contributed by atoms with E-state index < -0.39 is 17.8 Å². The van der Waals surface area contributed by atoms with Gasteiger partial charge in [0.05, 0.1) is 0 Å². The molecule has 0 radical (unpaired) electrons. The fourth-order valence-electron chi connectivity index (χ4n) is 1.17. The first kappa shape index (κ1) is 12.7. The van der Waals surface area contributed by atoms with Crippen LogP contribution in [0.5, 0.6) is 0 Å². The van der Waals surface area contributed by atoms with Gasteiger partial charge in [0, 0.05) is 10.2 Å². The molecule has 0 heterocycles. The van der Waals surface area contributed by atoms with Gasteiger partial charge in [-0.25, -0.2) is 0 Å². The van der Waals surface area contributed by atoms with Gasteiger partial charge in [-0.1, -0.05) is 15.9 Å². The Bertz CT molecular complexity index is 411. The van der Waals surface area contributed by atoms with E-state index in [4.69, 9.17) is 5.11 Å². The average molecular weight is 286 g/mol. The molecule has 0 aliphatic heterocycles. The molecule has 2 N–H and O–H groups in total. The summed E-state index contributed by atoms with van der Waals surface area (Å²) in [4.78, 5) is 22.1. The summed E-state index contributed by atoms with van der Waals surface area (Å²) in [5.41, 5.74) is 1.57. The molecule has 0 fully saturated rings. The molecule has 0 saturated carbocycles. The molecule has 0 aliphatic carbocycles. The van der Waals surface area contributed by atoms with Crippen molar-refractivity contribution in [1.29, 1.82) is 0 Å². The molecular weight excluding hydrogens is 274 g/mol. The van der Waals surface area contributed by atoms with Gasteiger partial charge in [-0.3, -0.25) is 9.59 Å². The minimum atomic E-state index is -1.13. The van der Waals surface area contributed by atoms with Gasteiger partial charge < -0.3 is 10.4 Å². The number of aliphatic carboxylic acids is 1. The van der Waals surface area contributed by atoms with Gasteiger partial charge in [-0.05, 0) is 37.6 Å². The van der Waals surface area contributed by atoms with Crippen LogP contribution in [-0.4, -0.2) is 17.0 Å². The molecule has 0 aliphatic rings. The largest absolute Gasteiger partial charge is 0.481 e. The van der Waals surface area contributed by atoms with Gasteiger partial charge in [0.25, 0.3) is 0 Å². The van der Waals surface area contributed by atoms with Crippen LogP contribution in [0.2, 0.25) is 0 Å². The van der Waals surface area contributed by atoms with Crippen LogP contribution in [0.15, 0.2) is 22.7 Å². The van der Waals surface area contributed by atoms with E-state index in [1.54, 1.807) is 12.1 Å². The van der Waals surface area contributed by atoms with Gasteiger partial charge in [-0.15, -0.1) is 0 Å². The summed E-state index contributed by atoms with van der Waals surface area (Å²) in [5.74, 6) is -2.71. The summed E-state index contributed by atoms with van der Waals surface area (Å²) < 4.78 is 0.839. The molecule has 86 valence electrons. The van der Waals surface area contributed by atoms with E-state index in [0.717, 1.165) is 10.0 Å². The summed E-state index contributed by atoms with van der Waals surface area (Å²) in [5, 5.41) is 11.2. The Hall–Kier alpha value is -1.36. The zero-order chi connectivity index (χ0) is 12.3. The summed E-state index contributed by atoms with van der Waals surface area (Å²) >= 11 is 3.30. The Morgan fingerprint density at radius 2 is 2.00 bits per heavy atom. The van der Waals surface area contributed by atoms with Gasteiger partial charge in [-0.2, -0.15) is 0 Å². The first-order chi connectivity index (χ1) is 7.40. The molecule has 16 heavy (non-hydrogen) atoms. The molecule has 1 atom stereocenters. The van der Waals surface area contributed by atoms with Crippen LogP contribution in [0.3, 0.4) is 0 Å². The number of aryl methyl sites for hydroxylation is 1. The van der Waals surface area contributed by atoms with Crippen molar-refractivity contribution in [2.45, 2.75) is 13.8 Å². The number of benzene rings is 1. The molecule has 1 aromatic carbocycles. The normalized spacial score (nSPS) is 11.9. The first-order valence-corrected chi connectivity index (χ1v) is 5.50. The number of hydrogen-bond acceptors (Lipinski definition) is 2. The minimum absolute atomic E-state index is 0.523. The molecule has 0 spiro atoms. The molecular formula is C11H12BrNO3. The number of rotatable bonds is 3. The number of carbonyl (C=O) groups excluding carboxylic acids is 1. The summed E-state index contributed by atoms with van der Waals surface area (Å²) in [6.07, 6.45) is 0. The van der Waals surface area contributed by atoms with Crippen molar-refractivity contribution in [1.82, 2.24) is 0 Å². The maximum atomic E-state index is 11.5. The van der Waals surface area contributed by atoms with Crippen LogP contribution in [0.4, 0.5) is 5.69 Å². The number of amides is 1. The highest BCUT2D eigenvalue weighted by Crippen LogP contribution is 2.19. The highest BCUT2D eigenvalue weighted by Gasteiger charge is 2.20. The van der Waals surface area contributed by atoms with Crippen molar-refractivity contribution in [3.63, 3.8) is 0 Å². The number of hydrogen-bond donors (Lipinski definition) is 2. The molecule has 0 bridgehead atoms. The number of carboxylic acid groups (broad SMARTS) is 1. The summed E-state index contributed by atoms with van der Waals surface area (Å²) in [6.45, 7) is 3.24. The van der Waals surface area contributed by atoms with Crippen LogP contribution in [0, 0.1) is 12.8 Å². The molecule has 0 saturated heterocycles. The third kappa shape index (κ3) is 3.34. The third-order valence-electron chi connectivity index (χ3n) is 2.07. The number of anilines is 1. The minimum Gasteiger partial charge on any atom is -0.481 e. The predicted molar refractivity (Wildman–Crippen MR) is 64.3 cm³/mol. The molecule has 1 unspecified atom stereocenters. The topological polar surface area (TPSA) is 66.4 Å². The van der Waals surface area contributed by atoms with Gasteiger partial charge in [0.15, 0.2) is 0 Å². The molecule has 0 aromatic heterocycles. The Balaban J connectivity index is 2.81. The van der Waals surface area contributed by atoms with Crippen LogP contribution >= 0.6 is 15.9 Å². The maximum absolute atomic E-state index is 11.5. The SMILES string of the molecule is Cc1cc(Br)cc(NC(=O)C(C)C(=O)O)c1. The van der Waals surface area contributed by atoms with E-state index in [-0.39, 0.29) is 0 Å². The Kier molecular flexibility index (Phi) is 4.06. The number of carboxylic acids is 1. The zero-order valence-electron chi connectivity index (χ0n) is 8.95. The van der Waals surface area contributed by atoms with Crippen LogP contribution < -0.4 is 5.32 Å². The van der Waals surface area contributed by atoms with E-state index in [0.29, 0.717) is 5.69 Å². The second-order valence-corrected chi connectivity index (χ2v) is 4.48. The highest BCUT2D eigenvalue weighted by molar-refractivity contribution is 9.10. The predicted octanol–water partition coefficient (Wildman–Crippen LogP) is 2.42. The lowest BCUT2D eigenvalue weighted by atomic mass is 10.1. The van der Waals surface area contributed by atoms with Gasteiger partial charge in [0.2, 0.25) is 5.91 Å². The second kappa shape index (κ2) is 5.12. The monoisotopic (exact) mass is 285 g/mol. The molecule has 1 amide bonds. The third-order valence-corrected chi connectivity index (χ3v) is 2.53. The standard InChI is InChI=1S/C11H12BrNO3/c1-6-3-8(12)5-9(4-6)13-10(14)7(2)11(15)16/h3-5,7H,1-2H3,(H,13,14)(H,15,16). The number of nitrogens with one attached hydrogen (secondary N) is 1. The van der Waals surface area contributed by atoms with Crippen LogP contribution in [-0.2, 0) is 9.59 Å². The van der Waals surface area contributed by atoms with E-state index >= 15 is 0 Å². The molecule has 1 aromatic rings. The molecule has 5 heteroatoms. The van der Waals surface area contributed by atoms with Gasteiger partial charge >= 0.3 is 5.97 Å². The zero-order valence-corrected chi connectivity index (χ0v) is 10.5. The Morgan fingerprint density at radius 3 is 2.50 bits per heavy atom. The maximum Gasteiger partial charge on any atom is 0.315 e.